The molecule has 1 N–H and O–H groups in total. The average Bonchev–Trinajstić information content (AvgIpc) is 3.00. The quantitative estimate of drug-likeness (QED) is 0.657. The van der Waals surface area contributed by atoms with Crippen molar-refractivity contribution in [2.75, 3.05) is 11.1 Å². The second-order valence-electron chi connectivity index (χ2n) is 5.85. The zero-order valence-electron chi connectivity index (χ0n) is 14.8. The van der Waals surface area contributed by atoms with E-state index in [1.54, 1.807) is 11.8 Å². The molecule has 0 bridgehead atoms. The van der Waals surface area contributed by atoms with Gasteiger partial charge in [-0.25, -0.2) is 0 Å². The summed E-state index contributed by atoms with van der Waals surface area (Å²) in [4.78, 5) is 13.3. The first kappa shape index (κ1) is 18.9. The van der Waals surface area contributed by atoms with Gasteiger partial charge in [-0.05, 0) is 49.9 Å². The molecule has 0 atom stereocenters. The van der Waals surface area contributed by atoms with Crippen LogP contribution < -0.4 is 5.32 Å². The number of carbonyl (C=O) groups is 1. The maximum atomic E-state index is 12.1. The minimum atomic E-state index is -0.00131. The van der Waals surface area contributed by atoms with Gasteiger partial charge in [-0.2, -0.15) is 0 Å². The Labute approximate surface area is 152 Å². The summed E-state index contributed by atoms with van der Waals surface area (Å²) in [6, 6.07) is 6.40. The first-order valence-corrected chi connectivity index (χ1v) is 10.2. The number of anilines is 1. The van der Waals surface area contributed by atoms with E-state index in [0.717, 1.165) is 23.6 Å². The number of nitrogens with zero attached hydrogens (tertiary/aromatic N) is 2. The standard InChI is InChI=1S/C18H25N3OS2/c1-5-14(6-2)17-20-21-18(24-17)19-16(22)9-10-23-15-8-7-12(3)13(4)11-15/h7-8,11,14H,5-6,9-10H2,1-4H3,(H,19,21,22). The van der Waals surface area contributed by atoms with Gasteiger partial charge in [0.05, 0.1) is 0 Å². The van der Waals surface area contributed by atoms with E-state index in [4.69, 9.17) is 0 Å². The highest BCUT2D eigenvalue weighted by Crippen LogP contribution is 2.28. The van der Waals surface area contributed by atoms with Crippen molar-refractivity contribution >= 4 is 34.1 Å². The number of aromatic nitrogens is 2. The fourth-order valence-electron chi connectivity index (χ4n) is 2.34. The number of thioether (sulfide) groups is 1. The molecule has 0 unspecified atom stereocenters. The third-order valence-corrected chi connectivity index (χ3v) is 6.09. The van der Waals surface area contributed by atoms with E-state index in [1.165, 1.54) is 27.4 Å². The molecule has 130 valence electrons. The third-order valence-electron chi connectivity index (χ3n) is 4.10. The van der Waals surface area contributed by atoms with Gasteiger partial charge in [-0.1, -0.05) is 31.3 Å². The van der Waals surface area contributed by atoms with Crippen LogP contribution in [0.2, 0.25) is 0 Å². The van der Waals surface area contributed by atoms with Crippen molar-refractivity contribution < 1.29 is 4.79 Å². The predicted molar refractivity (Wildman–Crippen MR) is 103 cm³/mol. The molecule has 2 rings (SSSR count). The topological polar surface area (TPSA) is 54.9 Å². The number of rotatable bonds is 8. The van der Waals surface area contributed by atoms with Crippen LogP contribution in [0.3, 0.4) is 0 Å². The van der Waals surface area contributed by atoms with Gasteiger partial charge in [0.1, 0.15) is 5.01 Å². The van der Waals surface area contributed by atoms with Gasteiger partial charge in [-0.3, -0.25) is 4.79 Å². The Bertz CT molecular complexity index is 681. The molecule has 0 saturated heterocycles. The molecule has 0 radical (unpaired) electrons. The minimum Gasteiger partial charge on any atom is -0.301 e. The zero-order chi connectivity index (χ0) is 17.5. The van der Waals surface area contributed by atoms with E-state index in [-0.39, 0.29) is 5.91 Å². The Kier molecular flexibility index (Phi) is 7.24. The lowest BCUT2D eigenvalue weighted by Gasteiger charge is -2.06. The highest BCUT2D eigenvalue weighted by molar-refractivity contribution is 7.99. The normalized spacial score (nSPS) is 11.0. The van der Waals surface area contributed by atoms with Crippen LogP contribution in [-0.2, 0) is 4.79 Å². The largest absolute Gasteiger partial charge is 0.301 e. The molecule has 1 aromatic carbocycles. The van der Waals surface area contributed by atoms with Crippen LogP contribution in [0.25, 0.3) is 0 Å². The SMILES string of the molecule is CCC(CC)c1nnc(NC(=O)CCSc2ccc(C)c(C)c2)s1. The summed E-state index contributed by atoms with van der Waals surface area (Å²) in [5.74, 6) is 1.19. The van der Waals surface area contributed by atoms with Crippen LogP contribution in [-0.4, -0.2) is 21.9 Å². The molecule has 1 amide bonds. The van der Waals surface area contributed by atoms with Crippen LogP contribution in [0.4, 0.5) is 5.13 Å². The van der Waals surface area contributed by atoms with Crippen molar-refractivity contribution in [2.24, 2.45) is 0 Å². The monoisotopic (exact) mass is 363 g/mol. The average molecular weight is 364 g/mol. The van der Waals surface area contributed by atoms with Crippen molar-refractivity contribution in [1.82, 2.24) is 10.2 Å². The van der Waals surface area contributed by atoms with Crippen LogP contribution in [0, 0.1) is 13.8 Å². The highest BCUT2D eigenvalue weighted by Gasteiger charge is 2.14. The van der Waals surface area contributed by atoms with Gasteiger partial charge in [-0.15, -0.1) is 22.0 Å². The number of hydrogen-bond acceptors (Lipinski definition) is 5. The molecule has 2 aromatic rings. The molecule has 0 aliphatic heterocycles. The van der Waals surface area contributed by atoms with E-state index in [2.05, 4.69) is 61.4 Å². The van der Waals surface area contributed by atoms with Gasteiger partial charge < -0.3 is 5.32 Å². The number of amides is 1. The van der Waals surface area contributed by atoms with Crippen molar-refractivity contribution in [3.8, 4) is 0 Å². The summed E-state index contributed by atoms with van der Waals surface area (Å²) in [7, 11) is 0. The predicted octanol–water partition coefficient (Wildman–Crippen LogP) is 5.18. The Morgan fingerprint density at radius 3 is 2.62 bits per heavy atom. The lowest BCUT2D eigenvalue weighted by atomic mass is 10.1. The molecule has 0 aliphatic carbocycles. The van der Waals surface area contributed by atoms with Crippen LogP contribution in [0.5, 0.6) is 0 Å². The second-order valence-corrected chi connectivity index (χ2v) is 8.03. The molecule has 1 aromatic heterocycles. The van der Waals surface area contributed by atoms with E-state index >= 15 is 0 Å². The molecule has 0 spiro atoms. The Balaban J connectivity index is 1.80. The summed E-state index contributed by atoms with van der Waals surface area (Å²) in [6.45, 7) is 8.52. The molecule has 6 heteroatoms. The molecule has 24 heavy (non-hydrogen) atoms. The maximum Gasteiger partial charge on any atom is 0.227 e. The maximum absolute atomic E-state index is 12.1. The second kappa shape index (κ2) is 9.18. The van der Waals surface area contributed by atoms with E-state index in [1.807, 2.05) is 0 Å². The first-order valence-electron chi connectivity index (χ1n) is 8.36. The number of carbonyl (C=O) groups excluding carboxylic acids is 1. The molecular weight excluding hydrogens is 338 g/mol. The van der Waals surface area contributed by atoms with Crippen molar-refractivity contribution in [3.05, 3.63) is 34.3 Å². The summed E-state index contributed by atoms with van der Waals surface area (Å²) >= 11 is 3.20. The van der Waals surface area contributed by atoms with E-state index < -0.39 is 0 Å². The number of aryl methyl sites for hydroxylation is 2. The van der Waals surface area contributed by atoms with Gasteiger partial charge >= 0.3 is 0 Å². The Hall–Kier alpha value is -1.40. The smallest absolute Gasteiger partial charge is 0.227 e. The zero-order valence-corrected chi connectivity index (χ0v) is 16.4. The molecule has 0 fully saturated rings. The molecular formula is C18H25N3OS2. The molecule has 0 saturated carbocycles. The highest BCUT2D eigenvalue weighted by atomic mass is 32.2. The minimum absolute atomic E-state index is 0.00131. The third kappa shape index (κ3) is 5.31. The van der Waals surface area contributed by atoms with Gasteiger partial charge in [0.25, 0.3) is 0 Å². The van der Waals surface area contributed by atoms with Crippen molar-refractivity contribution in [2.45, 2.75) is 57.8 Å². The summed E-state index contributed by atoms with van der Waals surface area (Å²) in [5.41, 5.74) is 2.58. The fourth-order valence-corrected chi connectivity index (χ4v) is 4.31. The number of benzene rings is 1. The summed E-state index contributed by atoms with van der Waals surface area (Å²) in [6.07, 6.45) is 2.56. The van der Waals surface area contributed by atoms with Gasteiger partial charge in [0.2, 0.25) is 11.0 Å². The lowest BCUT2D eigenvalue weighted by Crippen LogP contribution is -2.11. The van der Waals surface area contributed by atoms with E-state index in [0.29, 0.717) is 17.5 Å². The lowest BCUT2D eigenvalue weighted by molar-refractivity contribution is -0.115. The summed E-state index contributed by atoms with van der Waals surface area (Å²) in [5, 5.41) is 12.8. The van der Waals surface area contributed by atoms with Gasteiger partial charge in [0.15, 0.2) is 0 Å². The number of nitrogens with one attached hydrogen (secondary N) is 1. The van der Waals surface area contributed by atoms with E-state index in [9.17, 15) is 4.79 Å². The van der Waals surface area contributed by atoms with Crippen LogP contribution in [0.15, 0.2) is 23.1 Å². The van der Waals surface area contributed by atoms with Gasteiger partial charge in [0, 0.05) is 23.0 Å². The van der Waals surface area contributed by atoms with Crippen LogP contribution >= 0.6 is 23.1 Å². The fraction of sp³-hybridized carbons (Fsp3) is 0.500. The number of hydrogen-bond donors (Lipinski definition) is 1. The van der Waals surface area contributed by atoms with Crippen molar-refractivity contribution in [3.63, 3.8) is 0 Å². The summed E-state index contributed by atoms with van der Waals surface area (Å²) < 4.78 is 0. The Morgan fingerprint density at radius 1 is 1.21 bits per heavy atom. The van der Waals surface area contributed by atoms with Crippen LogP contribution in [0.1, 0.15) is 55.2 Å². The Morgan fingerprint density at radius 2 is 1.96 bits per heavy atom. The first-order chi connectivity index (χ1) is 11.5. The molecule has 4 nitrogen and oxygen atoms in total. The molecule has 1 heterocycles. The van der Waals surface area contributed by atoms with Crippen molar-refractivity contribution in [1.29, 1.82) is 0 Å². The molecule has 0 aliphatic rings.